The van der Waals surface area contributed by atoms with Gasteiger partial charge in [0.25, 0.3) is 0 Å². The molecule has 0 amide bonds. The molecule has 134 valence electrons. The average molecular weight is 348 g/mol. The number of aliphatic hydroxyl groups is 1. The number of carboxylic acids is 1. The number of quaternary nitrogens is 1. The highest BCUT2D eigenvalue weighted by Gasteiger charge is 2.41. The van der Waals surface area contributed by atoms with Gasteiger partial charge in [0.2, 0.25) is 0 Å². The number of nitrogens with one attached hydrogen (secondary N) is 1. The normalized spacial score (nSPS) is 23.6. The maximum absolute atomic E-state index is 11.4. The molecule has 0 saturated carbocycles. The second-order valence-corrected chi connectivity index (χ2v) is 6.12. The molecule has 0 fully saturated rings. The van der Waals surface area contributed by atoms with Crippen molar-refractivity contribution in [2.24, 2.45) is 0 Å². The molecule has 5 nitrogen and oxygen atoms in total. The van der Waals surface area contributed by atoms with E-state index in [1.165, 1.54) is 20.0 Å². The van der Waals surface area contributed by atoms with E-state index >= 15 is 0 Å². The van der Waals surface area contributed by atoms with Crippen LogP contribution in [0.15, 0.2) is 23.6 Å². The Morgan fingerprint density at radius 1 is 1.30 bits per heavy atom. The highest BCUT2D eigenvalue weighted by Crippen LogP contribution is 2.19. The highest BCUT2D eigenvalue weighted by molar-refractivity contribution is 5.90. The van der Waals surface area contributed by atoms with Crippen LogP contribution in [0.3, 0.4) is 0 Å². The molecule has 6 heteroatoms. The Balaban J connectivity index is 0.00000484. The van der Waals surface area contributed by atoms with Gasteiger partial charge in [-0.05, 0) is 38.3 Å². The second kappa shape index (κ2) is 10.7. The third kappa shape index (κ3) is 5.83. The van der Waals surface area contributed by atoms with Crippen LogP contribution in [-0.4, -0.2) is 42.0 Å². The summed E-state index contributed by atoms with van der Waals surface area (Å²) in [5.74, 6) is -0.449. The van der Waals surface area contributed by atoms with Crippen LogP contribution in [0.2, 0.25) is 0 Å². The quantitative estimate of drug-likeness (QED) is 0.421. The summed E-state index contributed by atoms with van der Waals surface area (Å²) in [5, 5.41) is 18.5. The van der Waals surface area contributed by atoms with Crippen LogP contribution in [0.25, 0.3) is 0 Å². The molecule has 1 aliphatic heterocycles. The van der Waals surface area contributed by atoms with Crippen molar-refractivity contribution in [2.75, 3.05) is 20.3 Å². The smallest absolute Gasteiger partial charge is 0.345 e. The first kappa shape index (κ1) is 22.0. The van der Waals surface area contributed by atoms with Gasteiger partial charge in [-0.15, -0.1) is 0 Å². The van der Waals surface area contributed by atoms with Gasteiger partial charge in [-0.2, -0.15) is 0 Å². The first-order valence-electron chi connectivity index (χ1n) is 8.18. The molecule has 1 rings (SSSR count). The van der Waals surface area contributed by atoms with Gasteiger partial charge in [0.15, 0.2) is 5.57 Å². The highest BCUT2D eigenvalue weighted by atomic mass is 35.5. The lowest BCUT2D eigenvalue weighted by molar-refractivity contribution is -0.922. The molecule has 0 aromatic carbocycles. The summed E-state index contributed by atoms with van der Waals surface area (Å²) in [5.41, 5.74) is -0.00588. The lowest BCUT2D eigenvalue weighted by Crippen LogP contribution is -3.18. The average Bonchev–Trinajstić information content (AvgIpc) is 2.50. The molecule has 0 saturated heterocycles. The lowest BCUT2D eigenvalue weighted by atomic mass is 9.89. The zero-order chi connectivity index (χ0) is 16.6. The van der Waals surface area contributed by atoms with Crippen LogP contribution in [0, 0.1) is 0 Å². The zero-order valence-electron chi connectivity index (χ0n) is 14.4. The van der Waals surface area contributed by atoms with Crippen molar-refractivity contribution in [3.63, 3.8) is 0 Å². The van der Waals surface area contributed by atoms with E-state index in [4.69, 9.17) is 9.84 Å². The Kier molecular flexibility index (Phi) is 10.2. The van der Waals surface area contributed by atoms with E-state index in [9.17, 15) is 9.90 Å². The Labute approximate surface area is 145 Å². The minimum atomic E-state index is -0.955. The molecule has 0 spiro atoms. The molecule has 2 atom stereocenters. The van der Waals surface area contributed by atoms with E-state index in [1.807, 2.05) is 6.08 Å². The van der Waals surface area contributed by atoms with Crippen molar-refractivity contribution in [3.8, 4) is 0 Å². The van der Waals surface area contributed by atoms with Crippen LogP contribution in [0.5, 0.6) is 0 Å². The van der Waals surface area contributed by atoms with E-state index in [0.29, 0.717) is 12.3 Å². The van der Waals surface area contributed by atoms with Crippen LogP contribution in [0.4, 0.5) is 0 Å². The fraction of sp³-hybridized carbons (Fsp3) is 0.706. The number of ether oxygens (including phenoxy) is 1. The largest absolute Gasteiger partial charge is 1.00 e. The third-order valence-electron chi connectivity index (χ3n) is 4.40. The molecule has 0 aromatic heterocycles. The molecule has 1 aliphatic rings. The first-order valence-corrected chi connectivity index (χ1v) is 8.18. The lowest BCUT2D eigenvalue weighted by Gasteiger charge is -2.38. The summed E-state index contributed by atoms with van der Waals surface area (Å²) in [4.78, 5) is 12.5. The predicted octanol–water partition coefficient (Wildman–Crippen LogP) is -1.50. The van der Waals surface area contributed by atoms with Crippen LogP contribution < -0.4 is 17.3 Å². The van der Waals surface area contributed by atoms with E-state index in [1.54, 1.807) is 6.08 Å². The van der Waals surface area contributed by atoms with Gasteiger partial charge in [-0.1, -0.05) is 19.8 Å². The van der Waals surface area contributed by atoms with Crippen molar-refractivity contribution in [2.45, 2.75) is 57.9 Å². The number of hydrogen-bond donors (Lipinski definition) is 3. The van der Waals surface area contributed by atoms with E-state index in [2.05, 4.69) is 13.8 Å². The summed E-state index contributed by atoms with van der Waals surface area (Å²) < 4.78 is 5.46. The molecule has 0 radical (unpaired) electrons. The van der Waals surface area contributed by atoms with Crippen LogP contribution in [-0.2, 0) is 9.53 Å². The first-order chi connectivity index (χ1) is 10.5. The zero-order valence-corrected chi connectivity index (χ0v) is 15.2. The SMILES string of the molecule is CCCCCC[NH+]1C(OC)=C(C(=O)O)C=CC1(C)CCCO.[Cl-]. The van der Waals surface area contributed by atoms with E-state index < -0.39 is 5.97 Å². The van der Waals surface area contributed by atoms with E-state index in [0.717, 1.165) is 30.7 Å². The van der Waals surface area contributed by atoms with E-state index in [-0.39, 0.29) is 30.1 Å². The summed E-state index contributed by atoms with van der Waals surface area (Å²) in [6.07, 6.45) is 9.63. The fourth-order valence-corrected chi connectivity index (χ4v) is 3.08. The summed E-state index contributed by atoms with van der Waals surface area (Å²) in [7, 11) is 1.54. The Morgan fingerprint density at radius 2 is 2.00 bits per heavy atom. The Bertz CT molecular complexity index is 436. The van der Waals surface area contributed by atoms with Crippen LogP contribution in [0.1, 0.15) is 52.4 Å². The summed E-state index contributed by atoms with van der Waals surface area (Å²) in [6, 6.07) is 0. The third-order valence-corrected chi connectivity index (χ3v) is 4.40. The summed E-state index contributed by atoms with van der Waals surface area (Å²) in [6.45, 7) is 5.26. The van der Waals surface area contributed by atoms with Gasteiger partial charge >= 0.3 is 11.9 Å². The molecule has 23 heavy (non-hydrogen) atoms. The molecular formula is C17H30ClNO4. The number of halogens is 1. The predicted molar refractivity (Wildman–Crippen MR) is 85.5 cm³/mol. The number of methoxy groups -OCH3 is 1. The fourth-order valence-electron chi connectivity index (χ4n) is 3.08. The molecular weight excluding hydrogens is 318 g/mol. The number of carbonyl (C=O) groups is 1. The van der Waals surface area contributed by atoms with Gasteiger partial charge in [0.1, 0.15) is 5.54 Å². The van der Waals surface area contributed by atoms with Gasteiger partial charge in [0.05, 0.1) is 13.7 Å². The Hall–Kier alpha value is -1.04. The molecule has 3 N–H and O–H groups in total. The molecule has 0 aliphatic carbocycles. The van der Waals surface area contributed by atoms with Gasteiger partial charge in [0, 0.05) is 13.0 Å². The Morgan fingerprint density at radius 3 is 2.52 bits per heavy atom. The van der Waals surface area contributed by atoms with Gasteiger partial charge in [-0.3, -0.25) is 4.90 Å². The van der Waals surface area contributed by atoms with Gasteiger partial charge in [-0.25, -0.2) is 4.79 Å². The number of carboxylic acid groups (broad SMARTS) is 1. The minimum absolute atomic E-state index is 0. The van der Waals surface area contributed by atoms with Crippen molar-refractivity contribution in [3.05, 3.63) is 23.6 Å². The van der Waals surface area contributed by atoms with Crippen molar-refractivity contribution < 1.29 is 37.1 Å². The monoisotopic (exact) mass is 347 g/mol. The minimum Gasteiger partial charge on any atom is -1.00 e. The molecule has 1 heterocycles. The maximum atomic E-state index is 11.4. The van der Waals surface area contributed by atoms with Crippen molar-refractivity contribution >= 4 is 5.97 Å². The van der Waals surface area contributed by atoms with Gasteiger partial charge < -0.3 is 27.4 Å². The second-order valence-electron chi connectivity index (χ2n) is 6.12. The number of rotatable bonds is 10. The number of hydrogen-bond acceptors (Lipinski definition) is 3. The topological polar surface area (TPSA) is 71.2 Å². The standard InChI is InChI=1S/C17H29NO4.ClH/c1-4-5-6-7-12-18-15(22-3)14(16(20)21)9-11-17(18,2)10-8-13-19;/h9,11,19H,4-8,10,12-13H2,1-3H3,(H,20,21);1H. The maximum Gasteiger partial charge on any atom is 0.345 e. The van der Waals surface area contributed by atoms with Crippen LogP contribution >= 0.6 is 0 Å². The molecule has 2 unspecified atom stereocenters. The number of aliphatic carboxylic acids is 1. The van der Waals surface area contributed by atoms with Crippen molar-refractivity contribution in [1.29, 1.82) is 0 Å². The molecule has 0 aromatic rings. The number of unbranched alkanes of at least 4 members (excludes halogenated alkanes) is 3. The number of aliphatic hydroxyl groups excluding tert-OH is 1. The summed E-state index contributed by atoms with van der Waals surface area (Å²) >= 11 is 0. The van der Waals surface area contributed by atoms with Crippen molar-refractivity contribution in [1.82, 2.24) is 0 Å². The molecule has 0 bridgehead atoms.